The van der Waals surface area contributed by atoms with Gasteiger partial charge in [0, 0.05) is 17.8 Å². The van der Waals surface area contributed by atoms with Gasteiger partial charge in [-0.2, -0.15) is 5.10 Å². The molecule has 1 aromatic carbocycles. The Hall–Kier alpha value is -2.57. The number of benzene rings is 1. The van der Waals surface area contributed by atoms with Crippen molar-refractivity contribution in [1.82, 2.24) is 9.78 Å². The minimum Gasteiger partial charge on any atom is -0.382 e. The number of aryl methyl sites for hydroxylation is 1. The average Bonchev–Trinajstić information content (AvgIpc) is 2.32. The Morgan fingerprint density at radius 3 is 2.68 bits per heavy atom. The molecule has 0 fully saturated rings. The minimum absolute atomic E-state index is 0.153. The molecule has 0 aliphatic rings. The van der Waals surface area contributed by atoms with Crippen LogP contribution < -0.4 is 11.2 Å². The fraction of sp³-hybridized carbons (Fsp3) is 0.0833. The van der Waals surface area contributed by atoms with Crippen LogP contribution in [0.4, 0.5) is 8.78 Å². The summed E-state index contributed by atoms with van der Waals surface area (Å²) < 4.78 is 27.9. The second-order valence-electron chi connectivity index (χ2n) is 3.92. The molecule has 0 unspecified atom stereocenters. The average molecular weight is 264 g/mol. The van der Waals surface area contributed by atoms with Gasteiger partial charge in [0.15, 0.2) is 5.69 Å². The highest BCUT2D eigenvalue weighted by Crippen LogP contribution is 2.15. The van der Waals surface area contributed by atoms with Crippen LogP contribution in [0, 0.1) is 24.0 Å². The maximum absolute atomic E-state index is 13.7. The highest BCUT2D eigenvalue weighted by atomic mass is 19.1. The van der Waals surface area contributed by atoms with Gasteiger partial charge >= 0.3 is 0 Å². The van der Waals surface area contributed by atoms with Crippen LogP contribution in [0.3, 0.4) is 0 Å². The number of nitrogen functional groups attached to an aromatic ring is 1. The molecule has 1 aromatic heterocycles. The molecule has 0 radical (unpaired) electrons. The molecule has 2 aromatic rings. The second-order valence-corrected chi connectivity index (χ2v) is 3.92. The summed E-state index contributed by atoms with van der Waals surface area (Å²) in [7, 11) is 0. The monoisotopic (exact) mass is 264 g/mol. The second kappa shape index (κ2) is 4.60. The van der Waals surface area contributed by atoms with Gasteiger partial charge in [-0.3, -0.25) is 10.2 Å². The quantitative estimate of drug-likeness (QED) is 0.629. The van der Waals surface area contributed by atoms with Crippen molar-refractivity contribution in [2.24, 2.45) is 5.73 Å². The Bertz CT molecular complexity index is 724. The van der Waals surface area contributed by atoms with Crippen LogP contribution in [0.15, 0.2) is 29.1 Å². The van der Waals surface area contributed by atoms with Crippen LogP contribution in [0.2, 0.25) is 0 Å². The lowest BCUT2D eigenvalue weighted by molar-refractivity contribution is 0.582. The lowest BCUT2D eigenvalue weighted by Crippen LogP contribution is -2.27. The van der Waals surface area contributed by atoms with Crippen LogP contribution in [-0.2, 0) is 0 Å². The molecule has 0 amide bonds. The minimum atomic E-state index is -0.699. The number of halogens is 2. The van der Waals surface area contributed by atoms with Crippen molar-refractivity contribution in [3.63, 3.8) is 0 Å². The molecule has 7 heteroatoms. The number of nitrogens with one attached hydrogen (secondary N) is 1. The highest BCUT2D eigenvalue weighted by Gasteiger charge is 2.13. The van der Waals surface area contributed by atoms with E-state index in [1.165, 1.54) is 6.92 Å². The Morgan fingerprint density at radius 2 is 2.05 bits per heavy atom. The molecule has 0 saturated carbocycles. The van der Waals surface area contributed by atoms with Crippen molar-refractivity contribution in [2.75, 3.05) is 0 Å². The van der Waals surface area contributed by atoms with Crippen molar-refractivity contribution in [3.8, 4) is 5.69 Å². The molecular formula is C12H10F2N4O. The van der Waals surface area contributed by atoms with Gasteiger partial charge in [-0.25, -0.2) is 13.5 Å². The predicted molar refractivity (Wildman–Crippen MR) is 65.5 cm³/mol. The fourth-order valence-electron chi connectivity index (χ4n) is 1.63. The maximum atomic E-state index is 13.7. The van der Waals surface area contributed by atoms with Crippen LogP contribution in [0.1, 0.15) is 11.4 Å². The first kappa shape index (κ1) is 12.9. The van der Waals surface area contributed by atoms with Gasteiger partial charge in [-0.1, -0.05) is 0 Å². The summed E-state index contributed by atoms with van der Waals surface area (Å²) in [6.45, 7) is 1.52. The van der Waals surface area contributed by atoms with E-state index in [9.17, 15) is 13.6 Å². The van der Waals surface area contributed by atoms with E-state index in [4.69, 9.17) is 11.1 Å². The van der Waals surface area contributed by atoms with E-state index in [1.807, 2.05) is 0 Å². The molecule has 98 valence electrons. The van der Waals surface area contributed by atoms with E-state index < -0.39 is 22.9 Å². The number of hydrogen-bond acceptors (Lipinski definition) is 3. The standard InChI is InChI=1S/C12H10F2N4O/c1-6-4-10(19)11(12(15)16)17-18(6)9-5-7(13)2-3-8(9)14/h2-5H,1H3,(H3,15,16). The van der Waals surface area contributed by atoms with E-state index in [2.05, 4.69) is 5.10 Å². The Balaban J connectivity index is 2.75. The molecule has 3 N–H and O–H groups in total. The summed E-state index contributed by atoms with van der Waals surface area (Å²) in [5.41, 5.74) is 4.52. The van der Waals surface area contributed by atoms with Crippen LogP contribution >= 0.6 is 0 Å². The zero-order valence-corrected chi connectivity index (χ0v) is 9.95. The van der Waals surface area contributed by atoms with E-state index >= 15 is 0 Å². The first-order valence-electron chi connectivity index (χ1n) is 5.31. The molecule has 0 atom stereocenters. The van der Waals surface area contributed by atoms with Crippen LogP contribution in [-0.4, -0.2) is 15.6 Å². The number of aromatic nitrogens is 2. The van der Waals surface area contributed by atoms with E-state index in [1.54, 1.807) is 0 Å². The smallest absolute Gasteiger partial charge is 0.211 e. The van der Waals surface area contributed by atoms with Gasteiger partial charge in [0.25, 0.3) is 0 Å². The van der Waals surface area contributed by atoms with Gasteiger partial charge in [-0.05, 0) is 19.1 Å². The fourth-order valence-corrected chi connectivity index (χ4v) is 1.63. The molecule has 0 aliphatic carbocycles. The lowest BCUT2D eigenvalue weighted by Gasteiger charge is -2.11. The highest BCUT2D eigenvalue weighted by molar-refractivity contribution is 5.92. The lowest BCUT2D eigenvalue weighted by atomic mass is 10.2. The van der Waals surface area contributed by atoms with E-state index in [-0.39, 0.29) is 11.4 Å². The summed E-state index contributed by atoms with van der Waals surface area (Å²) in [5, 5.41) is 11.0. The van der Waals surface area contributed by atoms with Crippen molar-refractivity contribution in [3.05, 3.63) is 57.5 Å². The topological polar surface area (TPSA) is 84.8 Å². The van der Waals surface area contributed by atoms with Crippen molar-refractivity contribution in [2.45, 2.75) is 6.92 Å². The van der Waals surface area contributed by atoms with Crippen LogP contribution in [0.5, 0.6) is 0 Å². The summed E-state index contributed by atoms with van der Waals surface area (Å²) in [6, 6.07) is 4.04. The molecule has 2 rings (SSSR count). The molecule has 5 nitrogen and oxygen atoms in total. The molecular weight excluding hydrogens is 254 g/mol. The number of nitrogens with two attached hydrogens (primary N) is 1. The van der Waals surface area contributed by atoms with Gasteiger partial charge in [0.05, 0.1) is 0 Å². The number of rotatable bonds is 2. The summed E-state index contributed by atoms with van der Waals surface area (Å²) in [5.74, 6) is -1.87. The summed E-state index contributed by atoms with van der Waals surface area (Å²) in [4.78, 5) is 11.6. The van der Waals surface area contributed by atoms with Gasteiger partial charge < -0.3 is 5.73 Å². The molecule has 1 heterocycles. The molecule has 0 spiro atoms. The van der Waals surface area contributed by atoms with Crippen molar-refractivity contribution >= 4 is 5.84 Å². The largest absolute Gasteiger partial charge is 0.382 e. The molecule has 19 heavy (non-hydrogen) atoms. The normalized spacial score (nSPS) is 10.5. The van der Waals surface area contributed by atoms with Crippen LogP contribution in [0.25, 0.3) is 5.69 Å². The predicted octanol–water partition coefficient (Wildman–Crippen LogP) is 1.10. The van der Waals surface area contributed by atoms with Crippen molar-refractivity contribution < 1.29 is 8.78 Å². The first-order chi connectivity index (χ1) is 8.90. The Morgan fingerprint density at radius 1 is 1.37 bits per heavy atom. The number of hydrogen-bond donors (Lipinski definition) is 2. The SMILES string of the molecule is Cc1cc(=O)c(C(=N)N)nn1-c1cc(F)ccc1F. The molecule has 0 bridgehead atoms. The summed E-state index contributed by atoms with van der Waals surface area (Å²) in [6.07, 6.45) is 0. The first-order valence-corrected chi connectivity index (χ1v) is 5.31. The zero-order chi connectivity index (χ0) is 14.2. The third-order valence-electron chi connectivity index (χ3n) is 2.50. The zero-order valence-electron chi connectivity index (χ0n) is 9.95. The Kier molecular flexibility index (Phi) is 3.12. The third-order valence-corrected chi connectivity index (χ3v) is 2.50. The van der Waals surface area contributed by atoms with Crippen molar-refractivity contribution in [1.29, 1.82) is 5.41 Å². The third kappa shape index (κ3) is 2.35. The summed E-state index contributed by atoms with van der Waals surface area (Å²) >= 11 is 0. The number of amidine groups is 1. The van der Waals surface area contributed by atoms with E-state index in [0.29, 0.717) is 5.69 Å². The molecule has 0 saturated heterocycles. The van der Waals surface area contributed by atoms with Gasteiger partial charge in [-0.15, -0.1) is 0 Å². The number of nitrogens with zero attached hydrogens (tertiary/aromatic N) is 2. The molecule has 0 aliphatic heterocycles. The van der Waals surface area contributed by atoms with Gasteiger partial charge in [0.1, 0.15) is 23.2 Å². The maximum Gasteiger partial charge on any atom is 0.211 e. The van der Waals surface area contributed by atoms with E-state index in [0.717, 1.165) is 28.9 Å². The Labute approximate surface area is 106 Å². The van der Waals surface area contributed by atoms with Gasteiger partial charge in [0.2, 0.25) is 5.43 Å².